The highest BCUT2D eigenvalue weighted by atomic mass is 35.5. The number of aromatic nitrogens is 1. The molecule has 248 valence electrons. The number of nitrogens with zero attached hydrogens (tertiary/aromatic N) is 1. The van der Waals surface area contributed by atoms with Crippen LogP contribution in [0.25, 0.3) is 0 Å². The van der Waals surface area contributed by atoms with Crippen LogP contribution in [0, 0.1) is 5.41 Å². The number of hydrogen-bond acceptors (Lipinski definition) is 5. The lowest BCUT2D eigenvalue weighted by Gasteiger charge is -2.26. The van der Waals surface area contributed by atoms with Gasteiger partial charge in [-0.1, -0.05) is 23.7 Å². The van der Waals surface area contributed by atoms with Crippen molar-refractivity contribution < 1.29 is 54.2 Å². The van der Waals surface area contributed by atoms with Crippen molar-refractivity contribution in [2.24, 2.45) is 5.41 Å². The van der Waals surface area contributed by atoms with E-state index in [1.807, 2.05) is 0 Å². The van der Waals surface area contributed by atoms with Gasteiger partial charge in [-0.25, -0.2) is 8.78 Å². The summed E-state index contributed by atoms with van der Waals surface area (Å²) in [5.74, 6) is -2.95. The van der Waals surface area contributed by atoms with Crippen molar-refractivity contribution in [2.75, 3.05) is 6.61 Å². The van der Waals surface area contributed by atoms with Gasteiger partial charge in [-0.3, -0.25) is 19.4 Å². The second-order valence-electron chi connectivity index (χ2n) is 10.7. The molecule has 0 atom stereocenters. The fourth-order valence-electron chi connectivity index (χ4n) is 4.19. The summed E-state index contributed by atoms with van der Waals surface area (Å²) in [4.78, 5) is 42.1. The maximum absolute atomic E-state index is 13.3. The van der Waals surface area contributed by atoms with Crippen molar-refractivity contribution in [1.29, 1.82) is 0 Å². The van der Waals surface area contributed by atoms with E-state index in [0.29, 0.717) is 5.56 Å². The van der Waals surface area contributed by atoms with Crippen LogP contribution in [0.2, 0.25) is 5.02 Å². The normalized spacial score (nSPS) is 12.3. The number of benzene rings is 2. The molecule has 0 aliphatic rings. The number of ether oxygens (including phenoxy) is 1. The number of carbonyl (C=O) groups excluding carboxylic acids is 3. The standard InChI is InChI=1S/C31H27ClF8N2O4/c1-29(2,31(38,39)40)26(44)10-7-17-5-8-22(32)19(12-17)24(43)14-18-6-9-25(46-16-27(33)34)20(13-18)28(45)42-15-23-21(30(35,36)37)4-3-11-41-23/h3-6,8-9,11-13,27H,7,10,14-16H2,1-2H3,(H,42,45). The summed E-state index contributed by atoms with van der Waals surface area (Å²) in [5, 5.41) is 2.26. The summed E-state index contributed by atoms with van der Waals surface area (Å²) in [6.07, 6.45) is -12.3. The van der Waals surface area contributed by atoms with Gasteiger partial charge in [-0.05, 0) is 67.8 Å². The highest BCUT2D eigenvalue weighted by Gasteiger charge is 2.51. The lowest BCUT2D eigenvalue weighted by Crippen LogP contribution is -2.39. The molecule has 6 nitrogen and oxygen atoms in total. The Hall–Kier alpha value is -4.07. The molecule has 1 N–H and O–H groups in total. The van der Waals surface area contributed by atoms with Gasteiger partial charge in [0.1, 0.15) is 23.6 Å². The van der Waals surface area contributed by atoms with Crippen LogP contribution in [-0.4, -0.2) is 41.7 Å². The van der Waals surface area contributed by atoms with Crippen LogP contribution in [0.15, 0.2) is 54.7 Å². The summed E-state index contributed by atoms with van der Waals surface area (Å²) >= 11 is 6.20. The smallest absolute Gasteiger partial charge is 0.418 e. The molecule has 0 aliphatic carbocycles. The molecule has 1 aromatic heterocycles. The Morgan fingerprint density at radius 1 is 0.935 bits per heavy atom. The second kappa shape index (κ2) is 14.6. The summed E-state index contributed by atoms with van der Waals surface area (Å²) < 4.78 is 110. The minimum atomic E-state index is -4.76. The molecule has 0 spiro atoms. The number of halogens is 9. The fourth-order valence-corrected chi connectivity index (χ4v) is 4.41. The maximum Gasteiger partial charge on any atom is 0.418 e. The number of ketones is 2. The van der Waals surface area contributed by atoms with Gasteiger partial charge in [0, 0.05) is 24.6 Å². The van der Waals surface area contributed by atoms with Crippen molar-refractivity contribution in [3.8, 4) is 5.75 Å². The summed E-state index contributed by atoms with van der Waals surface area (Å²) in [5.41, 5.74) is -3.98. The predicted octanol–water partition coefficient (Wildman–Crippen LogP) is 7.84. The number of nitrogens with one attached hydrogen (secondary N) is 1. The third-order valence-corrected chi connectivity index (χ3v) is 7.34. The molecular weight excluding hydrogens is 652 g/mol. The van der Waals surface area contributed by atoms with E-state index in [1.165, 1.54) is 24.3 Å². The van der Waals surface area contributed by atoms with Crippen molar-refractivity contribution in [3.05, 3.63) is 93.3 Å². The van der Waals surface area contributed by atoms with Gasteiger partial charge >= 0.3 is 12.4 Å². The number of carbonyl (C=O) groups is 3. The van der Waals surface area contributed by atoms with E-state index in [1.54, 1.807) is 0 Å². The lowest BCUT2D eigenvalue weighted by molar-refractivity contribution is -0.210. The molecule has 0 aliphatic heterocycles. The Balaban J connectivity index is 1.82. The zero-order valence-corrected chi connectivity index (χ0v) is 25.0. The predicted molar refractivity (Wildman–Crippen MR) is 151 cm³/mol. The Labute approximate surface area is 263 Å². The first-order valence-corrected chi connectivity index (χ1v) is 13.9. The Kier molecular flexibility index (Phi) is 11.5. The number of hydrogen-bond donors (Lipinski definition) is 1. The molecule has 0 bridgehead atoms. The van der Waals surface area contributed by atoms with E-state index < -0.39 is 78.9 Å². The first-order valence-electron chi connectivity index (χ1n) is 13.6. The largest absolute Gasteiger partial charge is 0.487 e. The Bertz CT molecular complexity index is 1590. The van der Waals surface area contributed by atoms with E-state index >= 15 is 0 Å². The number of amides is 1. The van der Waals surface area contributed by atoms with E-state index in [4.69, 9.17) is 16.3 Å². The molecule has 0 radical (unpaired) electrons. The van der Waals surface area contributed by atoms with Gasteiger partial charge in [0.25, 0.3) is 12.3 Å². The average molecular weight is 679 g/mol. The number of rotatable bonds is 13. The van der Waals surface area contributed by atoms with Gasteiger partial charge in [-0.15, -0.1) is 0 Å². The molecule has 1 amide bonds. The molecule has 0 saturated carbocycles. The highest BCUT2D eigenvalue weighted by molar-refractivity contribution is 6.34. The molecule has 0 unspecified atom stereocenters. The van der Waals surface area contributed by atoms with Crippen molar-refractivity contribution in [3.63, 3.8) is 0 Å². The molecule has 3 rings (SSSR count). The SMILES string of the molecule is CC(C)(C(=O)CCc1ccc(Cl)c(C(=O)Cc2ccc(OCC(F)F)c(C(=O)NCc3ncccc3C(F)(F)F)c2)c1)C(F)(F)F. The fraction of sp³-hybridized carbons (Fsp3) is 0.355. The van der Waals surface area contributed by atoms with E-state index in [-0.39, 0.29) is 33.9 Å². The number of aryl methyl sites for hydroxylation is 1. The van der Waals surface area contributed by atoms with Gasteiger partial charge in [0.15, 0.2) is 5.78 Å². The lowest BCUT2D eigenvalue weighted by atomic mass is 9.84. The van der Waals surface area contributed by atoms with Crippen LogP contribution < -0.4 is 10.1 Å². The first kappa shape index (κ1) is 36.4. The number of alkyl halides is 8. The molecule has 0 saturated heterocycles. The summed E-state index contributed by atoms with van der Waals surface area (Å²) in [6, 6.07) is 9.58. The first-order chi connectivity index (χ1) is 21.3. The van der Waals surface area contributed by atoms with Gasteiger partial charge in [-0.2, -0.15) is 26.3 Å². The van der Waals surface area contributed by atoms with Crippen LogP contribution in [0.5, 0.6) is 5.75 Å². The molecular formula is C31H27ClF8N2O4. The maximum atomic E-state index is 13.3. The van der Waals surface area contributed by atoms with E-state index in [2.05, 4.69) is 10.3 Å². The molecule has 3 aromatic rings. The minimum absolute atomic E-state index is 0.00128. The Morgan fingerprint density at radius 2 is 1.59 bits per heavy atom. The van der Waals surface area contributed by atoms with Crippen LogP contribution in [0.3, 0.4) is 0 Å². The van der Waals surface area contributed by atoms with Gasteiger partial charge in [0.2, 0.25) is 0 Å². The summed E-state index contributed by atoms with van der Waals surface area (Å²) in [6.45, 7) is -0.204. The van der Waals surface area contributed by atoms with Crippen LogP contribution in [-0.2, 0) is 30.4 Å². The number of pyridine rings is 1. The molecule has 15 heteroatoms. The second-order valence-corrected chi connectivity index (χ2v) is 11.1. The zero-order valence-electron chi connectivity index (χ0n) is 24.3. The van der Waals surface area contributed by atoms with Crippen LogP contribution in [0.1, 0.15) is 63.4 Å². The average Bonchev–Trinajstić information content (AvgIpc) is 2.97. The molecule has 2 aromatic carbocycles. The van der Waals surface area contributed by atoms with Crippen LogP contribution in [0.4, 0.5) is 35.1 Å². The Morgan fingerprint density at radius 3 is 2.22 bits per heavy atom. The topological polar surface area (TPSA) is 85.4 Å². The van der Waals surface area contributed by atoms with Crippen molar-refractivity contribution in [2.45, 2.75) is 58.4 Å². The zero-order chi connectivity index (χ0) is 34.4. The van der Waals surface area contributed by atoms with E-state index in [9.17, 15) is 49.5 Å². The molecule has 46 heavy (non-hydrogen) atoms. The molecule has 0 fully saturated rings. The third kappa shape index (κ3) is 9.24. The minimum Gasteiger partial charge on any atom is -0.487 e. The van der Waals surface area contributed by atoms with Crippen molar-refractivity contribution >= 4 is 29.1 Å². The quantitative estimate of drug-likeness (QED) is 0.147. The van der Waals surface area contributed by atoms with Gasteiger partial charge < -0.3 is 10.1 Å². The van der Waals surface area contributed by atoms with E-state index in [0.717, 1.165) is 44.3 Å². The molecule has 1 heterocycles. The highest BCUT2D eigenvalue weighted by Crippen LogP contribution is 2.39. The van der Waals surface area contributed by atoms with Crippen molar-refractivity contribution in [1.82, 2.24) is 10.3 Å². The summed E-state index contributed by atoms with van der Waals surface area (Å²) in [7, 11) is 0. The van der Waals surface area contributed by atoms with Crippen LogP contribution >= 0.6 is 11.6 Å². The monoisotopic (exact) mass is 678 g/mol. The number of Topliss-reactive ketones (excluding diaryl/α,β-unsaturated/α-hetero) is 2. The van der Waals surface area contributed by atoms with Gasteiger partial charge in [0.05, 0.1) is 28.4 Å². The third-order valence-electron chi connectivity index (χ3n) is 7.01.